The third kappa shape index (κ3) is 2.45. The van der Waals surface area contributed by atoms with Crippen LogP contribution in [0.3, 0.4) is 0 Å². The van der Waals surface area contributed by atoms with Gasteiger partial charge in [-0.15, -0.1) is 0 Å². The minimum atomic E-state index is 0.0627. The van der Waals surface area contributed by atoms with E-state index in [2.05, 4.69) is 43.9 Å². The van der Waals surface area contributed by atoms with Gasteiger partial charge in [0.2, 0.25) is 0 Å². The highest BCUT2D eigenvalue weighted by molar-refractivity contribution is 5.56. The van der Waals surface area contributed by atoms with E-state index in [0.29, 0.717) is 6.54 Å². The first-order chi connectivity index (χ1) is 8.04. The summed E-state index contributed by atoms with van der Waals surface area (Å²) in [5.74, 6) is 0. The Balaban J connectivity index is 2.32. The number of morpholine rings is 1. The quantitative estimate of drug-likeness (QED) is 0.851. The van der Waals surface area contributed by atoms with Crippen LogP contribution < -0.4 is 10.6 Å². The van der Waals surface area contributed by atoms with Crippen molar-refractivity contribution in [3.63, 3.8) is 0 Å². The largest absolute Gasteiger partial charge is 0.377 e. The second-order valence-corrected chi connectivity index (χ2v) is 5.34. The number of ether oxygens (including phenoxy) is 1. The molecule has 0 atom stereocenters. The minimum absolute atomic E-state index is 0.0627. The van der Waals surface area contributed by atoms with E-state index in [0.717, 1.165) is 19.8 Å². The van der Waals surface area contributed by atoms with Gasteiger partial charge in [-0.2, -0.15) is 0 Å². The number of benzene rings is 1. The molecule has 3 heteroatoms. The van der Waals surface area contributed by atoms with Crippen LogP contribution in [0.15, 0.2) is 18.2 Å². The molecule has 0 saturated carbocycles. The second kappa shape index (κ2) is 4.67. The molecule has 0 amide bonds. The van der Waals surface area contributed by atoms with Crippen LogP contribution in [0, 0.1) is 6.92 Å². The van der Waals surface area contributed by atoms with Gasteiger partial charge in [0.05, 0.1) is 18.8 Å². The summed E-state index contributed by atoms with van der Waals surface area (Å²) in [6, 6.07) is 6.49. The Hall–Kier alpha value is -1.06. The van der Waals surface area contributed by atoms with Gasteiger partial charge in [0.1, 0.15) is 0 Å². The molecule has 0 aliphatic carbocycles. The number of anilines is 1. The number of nitrogens with zero attached hydrogens (tertiary/aromatic N) is 1. The van der Waals surface area contributed by atoms with Crippen molar-refractivity contribution in [1.82, 2.24) is 0 Å². The minimum Gasteiger partial charge on any atom is -0.377 e. The Morgan fingerprint density at radius 3 is 2.76 bits per heavy atom. The Kier molecular flexibility index (Phi) is 3.40. The zero-order valence-corrected chi connectivity index (χ0v) is 11.0. The fourth-order valence-corrected chi connectivity index (χ4v) is 2.45. The first-order valence-electron chi connectivity index (χ1n) is 6.19. The molecule has 1 saturated heterocycles. The fraction of sp³-hybridized carbons (Fsp3) is 0.571. The van der Waals surface area contributed by atoms with Crippen molar-refractivity contribution in [2.24, 2.45) is 5.73 Å². The van der Waals surface area contributed by atoms with Crippen LogP contribution in [-0.2, 0) is 11.3 Å². The highest BCUT2D eigenvalue weighted by atomic mass is 16.5. The topological polar surface area (TPSA) is 38.5 Å². The molecular formula is C14H22N2O. The molecule has 17 heavy (non-hydrogen) atoms. The highest BCUT2D eigenvalue weighted by Gasteiger charge is 2.31. The molecule has 1 aliphatic rings. The van der Waals surface area contributed by atoms with Gasteiger partial charge in [-0.3, -0.25) is 0 Å². The lowest BCUT2D eigenvalue weighted by Gasteiger charge is -2.44. The summed E-state index contributed by atoms with van der Waals surface area (Å²) < 4.78 is 5.56. The SMILES string of the molecule is Cc1cc(CN)ccc1N1CCOCC1(C)C. The Bertz CT molecular complexity index is 401. The van der Waals surface area contributed by atoms with Gasteiger partial charge in [-0.1, -0.05) is 12.1 Å². The molecule has 1 fully saturated rings. The van der Waals surface area contributed by atoms with Gasteiger partial charge < -0.3 is 15.4 Å². The number of hydrogen-bond acceptors (Lipinski definition) is 3. The molecule has 0 radical (unpaired) electrons. The maximum atomic E-state index is 5.67. The molecule has 2 rings (SSSR count). The summed E-state index contributed by atoms with van der Waals surface area (Å²) in [4.78, 5) is 2.44. The van der Waals surface area contributed by atoms with Crippen molar-refractivity contribution in [3.8, 4) is 0 Å². The van der Waals surface area contributed by atoms with E-state index < -0.39 is 0 Å². The number of hydrogen-bond donors (Lipinski definition) is 1. The average Bonchev–Trinajstić information content (AvgIpc) is 2.29. The monoisotopic (exact) mass is 234 g/mol. The van der Waals surface area contributed by atoms with Crippen molar-refractivity contribution in [2.45, 2.75) is 32.9 Å². The van der Waals surface area contributed by atoms with Crippen molar-refractivity contribution >= 4 is 5.69 Å². The summed E-state index contributed by atoms with van der Waals surface area (Å²) in [5.41, 5.74) is 9.52. The zero-order valence-electron chi connectivity index (χ0n) is 11.0. The molecule has 0 aromatic heterocycles. The highest BCUT2D eigenvalue weighted by Crippen LogP contribution is 2.30. The van der Waals surface area contributed by atoms with E-state index in [4.69, 9.17) is 10.5 Å². The average molecular weight is 234 g/mol. The van der Waals surface area contributed by atoms with Gasteiger partial charge >= 0.3 is 0 Å². The molecular weight excluding hydrogens is 212 g/mol. The van der Waals surface area contributed by atoms with Crippen LogP contribution in [0.1, 0.15) is 25.0 Å². The molecule has 1 aliphatic heterocycles. The lowest BCUT2D eigenvalue weighted by atomic mass is 9.99. The van der Waals surface area contributed by atoms with Crippen LogP contribution in [0.2, 0.25) is 0 Å². The van der Waals surface area contributed by atoms with Crippen LogP contribution in [0.25, 0.3) is 0 Å². The van der Waals surface area contributed by atoms with Crippen LogP contribution >= 0.6 is 0 Å². The van der Waals surface area contributed by atoms with Crippen molar-refractivity contribution in [1.29, 1.82) is 0 Å². The normalized spacial score (nSPS) is 19.4. The maximum Gasteiger partial charge on any atom is 0.0694 e. The summed E-state index contributed by atoms with van der Waals surface area (Å²) in [6.07, 6.45) is 0. The van der Waals surface area contributed by atoms with E-state index in [-0.39, 0.29) is 5.54 Å². The number of rotatable bonds is 2. The number of nitrogens with two attached hydrogens (primary N) is 1. The predicted molar refractivity (Wildman–Crippen MR) is 71.3 cm³/mol. The van der Waals surface area contributed by atoms with Crippen molar-refractivity contribution in [2.75, 3.05) is 24.7 Å². The zero-order chi connectivity index (χ0) is 12.5. The molecule has 2 N–H and O–H groups in total. The maximum absolute atomic E-state index is 5.67. The van der Waals surface area contributed by atoms with Crippen molar-refractivity contribution < 1.29 is 4.74 Å². The summed E-state index contributed by atoms with van der Waals surface area (Å²) >= 11 is 0. The Morgan fingerprint density at radius 2 is 2.18 bits per heavy atom. The van der Waals surface area contributed by atoms with E-state index in [1.807, 2.05) is 0 Å². The van der Waals surface area contributed by atoms with Crippen LogP contribution in [0.4, 0.5) is 5.69 Å². The molecule has 0 unspecified atom stereocenters. The van der Waals surface area contributed by atoms with Gasteiger partial charge in [0.15, 0.2) is 0 Å². The molecule has 0 spiro atoms. The van der Waals surface area contributed by atoms with Gasteiger partial charge in [-0.05, 0) is 38.0 Å². The molecule has 0 bridgehead atoms. The van der Waals surface area contributed by atoms with Gasteiger partial charge in [0.25, 0.3) is 0 Å². The Morgan fingerprint density at radius 1 is 1.41 bits per heavy atom. The van der Waals surface area contributed by atoms with Gasteiger partial charge in [-0.25, -0.2) is 0 Å². The Labute approximate surface area is 104 Å². The second-order valence-electron chi connectivity index (χ2n) is 5.34. The lowest BCUT2D eigenvalue weighted by Crippen LogP contribution is -2.53. The van der Waals surface area contributed by atoms with E-state index in [1.165, 1.54) is 16.8 Å². The third-order valence-electron chi connectivity index (χ3n) is 3.43. The molecule has 1 aromatic rings. The summed E-state index contributed by atoms with van der Waals surface area (Å²) in [6.45, 7) is 9.75. The molecule has 1 aromatic carbocycles. The molecule has 3 nitrogen and oxygen atoms in total. The van der Waals surface area contributed by atoms with Crippen LogP contribution in [-0.4, -0.2) is 25.3 Å². The van der Waals surface area contributed by atoms with Gasteiger partial charge in [0, 0.05) is 18.8 Å². The molecule has 94 valence electrons. The fourth-order valence-electron chi connectivity index (χ4n) is 2.45. The van der Waals surface area contributed by atoms with Crippen LogP contribution in [0.5, 0.6) is 0 Å². The predicted octanol–water partition coefficient (Wildman–Crippen LogP) is 2.07. The summed E-state index contributed by atoms with van der Waals surface area (Å²) in [5, 5.41) is 0. The lowest BCUT2D eigenvalue weighted by molar-refractivity contribution is 0.0643. The van der Waals surface area contributed by atoms with E-state index in [1.54, 1.807) is 0 Å². The van der Waals surface area contributed by atoms with E-state index in [9.17, 15) is 0 Å². The van der Waals surface area contributed by atoms with E-state index >= 15 is 0 Å². The number of aryl methyl sites for hydroxylation is 1. The van der Waals surface area contributed by atoms with Crippen molar-refractivity contribution in [3.05, 3.63) is 29.3 Å². The first kappa shape index (κ1) is 12.4. The molecule has 1 heterocycles. The summed E-state index contributed by atoms with van der Waals surface area (Å²) in [7, 11) is 0. The first-order valence-corrected chi connectivity index (χ1v) is 6.19. The smallest absolute Gasteiger partial charge is 0.0694 e. The third-order valence-corrected chi connectivity index (χ3v) is 3.43. The standard InChI is InChI=1S/C14H22N2O/c1-11-8-12(9-15)4-5-13(11)16-6-7-17-10-14(16,2)3/h4-5,8H,6-7,9-10,15H2,1-3H3.